The summed E-state index contributed by atoms with van der Waals surface area (Å²) in [7, 11) is 0. The molecule has 1 aliphatic rings. The summed E-state index contributed by atoms with van der Waals surface area (Å²) in [5.41, 5.74) is 7.06. The van der Waals surface area contributed by atoms with Crippen LogP contribution in [0.3, 0.4) is 0 Å². The minimum atomic E-state index is 0.0467. The highest BCUT2D eigenvalue weighted by Gasteiger charge is 2.24. The molecule has 0 atom stereocenters. The molecule has 7 nitrogen and oxygen atoms in total. The van der Waals surface area contributed by atoms with Crippen molar-refractivity contribution in [2.24, 2.45) is 0 Å². The molecule has 1 aliphatic heterocycles. The van der Waals surface area contributed by atoms with Gasteiger partial charge in [0, 0.05) is 37.0 Å². The van der Waals surface area contributed by atoms with Gasteiger partial charge in [0.25, 0.3) is 0 Å². The van der Waals surface area contributed by atoms with Gasteiger partial charge in [0.1, 0.15) is 16.6 Å². The van der Waals surface area contributed by atoms with E-state index in [0.29, 0.717) is 12.4 Å². The van der Waals surface area contributed by atoms with Crippen molar-refractivity contribution in [3.8, 4) is 0 Å². The molecule has 4 rings (SSSR count). The molecule has 142 valence electrons. The van der Waals surface area contributed by atoms with Gasteiger partial charge >= 0.3 is 0 Å². The van der Waals surface area contributed by atoms with Crippen LogP contribution in [0.2, 0.25) is 0 Å². The average molecular weight is 384 g/mol. The first kappa shape index (κ1) is 18.1. The lowest BCUT2D eigenvalue weighted by atomic mass is 9.98. The summed E-state index contributed by atoms with van der Waals surface area (Å²) >= 11 is 1.70. The molecular weight excluding hydrogens is 358 g/mol. The van der Waals surface area contributed by atoms with Gasteiger partial charge in [-0.2, -0.15) is 0 Å². The van der Waals surface area contributed by atoms with E-state index in [2.05, 4.69) is 50.7 Å². The topological polar surface area (TPSA) is 84.1 Å². The second-order valence-electron chi connectivity index (χ2n) is 7.95. The molecular formula is C19H25N7S. The van der Waals surface area contributed by atoms with Crippen molar-refractivity contribution in [2.45, 2.75) is 32.7 Å². The number of nitrogens with two attached hydrogens (primary N) is 1. The predicted molar refractivity (Wildman–Crippen MR) is 110 cm³/mol. The number of hydrogen-bond donors (Lipinski definition) is 1. The van der Waals surface area contributed by atoms with Gasteiger partial charge in [-0.3, -0.25) is 4.90 Å². The van der Waals surface area contributed by atoms with E-state index < -0.39 is 0 Å². The van der Waals surface area contributed by atoms with E-state index in [-0.39, 0.29) is 5.41 Å². The zero-order valence-electron chi connectivity index (χ0n) is 16.0. The quantitative estimate of drug-likeness (QED) is 0.744. The minimum Gasteiger partial charge on any atom is -0.383 e. The maximum absolute atomic E-state index is 6.11. The summed E-state index contributed by atoms with van der Waals surface area (Å²) in [6.45, 7) is 11.0. The summed E-state index contributed by atoms with van der Waals surface area (Å²) in [6, 6.07) is 7.88. The van der Waals surface area contributed by atoms with Crippen molar-refractivity contribution in [2.75, 3.05) is 36.8 Å². The van der Waals surface area contributed by atoms with Crippen molar-refractivity contribution >= 4 is 33.2 Å². The Bertz CT molecular complexity index is 939. The predicted octanol–water partition coefficient (Wildman–Crippen LogP) is 2.68. The summed E-state index contributed by atoms with van der Waals surface area (Å²) in [5, 5.41) is 11.8. The highest BCUT2D eigenvalue weighted by molar-refractivity contribution is 7.15. The largest absolute Gasteiger partial charge is 0.383 e. The lowest BCUT2D eigenvalue weighted by Gasteiger charge is -2.33. The number of piperazine rings is 1. The van der Waals surface area contributed by atoms with Gasteiger partial charge in [0.05, 0.1) is 12.1 Å². The number of rotatable bonds is 3. The first-order valence-electron chi connectivity index (χ1n) is 9.22. The standard InChI is InChI=1S/C19H25N7S/c1-19(2,3)17-23-24-18(27-17)26-10-8-25(9-11-26)12-15-21-14-7-5-4-6-13(14)16(20)22-15/h4-7H,8-12H2,1-3H3,(H2,20,21,22). The van der Waals surface area contributed by atoms with E-state index in [1.54, 1.807) is 11.3 Å². The van der Waals surface area contributed by atoms with Crippen LogP contribution in [0.5, 0.6) is 0 Å². The Balaban J connectivity index is 1.40. The average Bonchev–Trinajstić information content (AvgIpc) is 3.13. The first-order valence-corrected chi connectivity index (χ1v) is 10.0. The summed E-state index contributed by atoms with van der Waals surface area (Å²) in [5.74, 6) is 1.34. The highest BCUT2D eigenvalue weighted by atomic mass is 32.1. The molecule has 0 unspecified atom stereocenters. The molecule has 2 N–H and O–H groups in total. The third-order valence-corrected chi connectivity index (χ3v) is 6.15. The van der Waals surface area contributed by atoms with Crippen molar-refractivity contribution in [1.82, 2.24) is 25.1 Å². The van der Waals surface area contributed by atoms with Crippen LogP contribution >= 0.6 is 11.3 Å². The van der Waals surface area contributed by atoms with Crippen molar-refractivity contribution in [1.29, 1.82) is 0 Å². The van der Waals surface area contributed by atoms with E-state index in [9.17, 15) is 0 Å². The Labute approximate surface area is 163 Å². The Morgan fingerprint density at radius 3 is 2.48 bits per heavy atom. The van der Waals surface area contributed by atoms with Crippen LogP contribution in [0.1, 0.15) is 31.6 Å². The maximum Gasteiger partial charge on any atom is 0.208 e. The second kappa shape index (κ2) is 7.01. The fraction of sp³-hybridized carbons (Fsp3) is 0.474. The molecule has 1 saturated heterocycles. The summed E-state index contributed by atoms with van der Waals surface area (Å²) in [6.07, 6.45) is 0. The minimum absolute atomic E-state index is 0.0467. The number of anilines is 2. The highest BCUT2D eigenvalue weighted by Crippen LogP contribution is 2.30. The van der Waals surface area contributed by atoms with Crippen LogP contribution in [0.15, 0.2) is 24.3 Å². The normalized spacial score (nSPS) is 16.2. The van der Waals surface area contributed by atoms with Gasteiger partial charge in [-0.15, -0.1) is 10.2 Å². The van der Waals surface area contributed by atoms with Crippen LogP contribution in [0.25, 0.3) is 10.9 Å². The van der Waals surface area contributed by atoms with E-state index in [4.69, 9.17) is 5.73 Å². The fourth-order valence-corrected chi connectivity index (χ4v) is 4.12. The van der Waals surface area contributed by atoms with Gasteiger partial charge in [-0.1, -0.05) is 44.2 Å². The summed E-state index contributed by atoms with van der Waals surface area (Å²) in [4.78, 5) is 13.9. The number of nitrogens with zero attached hydrogens (tertiary/aromatic N) is 6. The molecule has 0 radical (unpaired) electrons. The molecule has 0 bridgehead atoms. The van der Waals surface area contributed by atoms with Crippen LogP contribution in [-0.4, -0.2) is 51.2 Å². The summed E-state index contributed by atoms with van der Waals surface area (Å²) < 4.78 is 0. The van der Waals surface area contributed by atoms with Crippen LogP contribution in [-0.2, 0) is 12.0 Å². The fourth-order valence-electron chi connectivity index (χ4n) is 3.17. The lowest BCUT2D eigenvalue weighted by Crippen LogP contribution is -2.46. The van der Waals surface area contributed by atoms with E-state index in [1.165, 1.54) is 0 Å². The first-order chi connectivity index (χ1) is 12.9. The van der Waals surface area contributed by atoms with Gasteiger partial charge in [-0.05, 0) is 12.1 Å². The van der Waals surface area contributed by atoms with Gasteiger partial charge in [0.2, 0.25) is 5.13 Å². The number of aromatic nitrogens is 4. The number of benzene rings is 1. The zero-order chi connectivity index (χ0) is 19.0. The van der Waals surface area contributed by atoms with Crippen molar-refractivity contribution in [3.05, 3.63) is 35.1 Å². The number of fused-ring (bicyclic) bond motifs is 1. The zero-order valence-corrected chi connectivity index (χ0v) is 16.8. The third-order valence-electron chi connectivity index (χ3n) is 4.74. The van der Waals surface area contributed by atoms with Crippen molar-refractivity contribution in [3.63, 3.8) is 0 Å². The second-order valence-corrected chi connectivity index (χ2v) is 8.90. The Hall–Kier alpha value is -2.32. The molecule has 2 aromatic heterocycles. The molecule has 1 aromatic carbocycles. The van der Waals surface area contributed by atoms with Crippen LogP contribution < -0.4 is 10.6 Å². The lowest BCUT2D eigenvalue weighted by molar-refractivity contribution is 0.244. The number of hydrogen-bond acceptors (Lipinski definition) is 8. The van der Waals surface area contributed by atoms with E-state index in [0.717, 1.165) is 53.0 Å². The van der Waals surface area contributed by atoms with Gasteiger partial charge in [0.15, 0.2) is 0 Å². The van der Waals surface area contributed by atoms with Crippen LogP contribution in [0.4, 0.5) is 10.9 Å². The molecule has 3 heterocycles. The molecule has 27 heavy (non-hydrogen) atoms. The number of para-hydroxylation sites is 1. The van der Waals surface area contributed by atoms with Gasteiger partial charge < -0.3 is 10.6 Å². The third kappa shape index (κ3) is 3.86. The maximum atomic E-state index is 6.11. The molecule has 3 aromatic rings. The SMILES string of the molecule is CC(C)(C)c1nnc(N2CCN(Cc3nc(N)c4ccccc4n3)CC2)s1. The molecule has 1 fully saturated rings. The molecule has 0 spiro atoms. The Kier molecular flexibility index (Phi) is 4.69. The Morgan fingerprint density at radius 1 is 1.04 bits per heavy atom. The molecule has 8 heteroatoms. The molecule has 0 aliphatic carbocycles. The van der Waals surface area contributed by atoms with Crippen molar-refractivity contribution < 1.29 is 0 Å². The number of nitrogen functional groups attached to an aromatic ring is 1. The Morgan fingerprint density at radius 2 is 1.78 bits per heavy atom. The molecule has 0 saturated carbocycles. The molecule has 0 amide bonds. The van der Waals surface area contributed by atoms with E-state index in [1.807, 2.05) is 24.3 Å². The monoisotopic (exact) mass is 383 g/mol. The van der Waals surface area contributed by atoms with E-state index >= 15 is 0 Å². The smallest absolute Gasteiger partial charge is 0.208 e. The van der Waals surface area contributed by atoms with Gasteiger partial charge in [-0.25, -0.2) is 9.97 Å². The van der Waals surface area contributed by atoms with Crippen LogP contribution in [0, 0.1) is 0 Å².